The van der Waals surface area contributed by atoms with Gasteiger partial charge in [0.15, 0.2) is 5.78 Å². The van der Waals surface area contributed by atoms with E-state index in [0.717, 1.165) is 0 Å². The molecule has 0 amide bonds. The lowest BCUT2D eigenvalue weighted by molar-refractivity contribution is -0.141. The van der Waals surface area contributed by atoms with Crippen LogP contribution in [0.3, 0.4) is 0 Å². The number of esters is 1. The van der Waals surface area contributed by atoms with Gasteiger partial charge in [-0.1, -0.05) is 11.6 Å². The molecule has 1 aromatic carbocycles. The van der Waals surface area contributed by atoms with Crippen LogP contribution in [0.2, 0.25) is 5.02 Å². The average molecular weight is 257 g/mol. The quantitative estimate of drug-likeness (QED) is 0.600. The number of methoxy groups -OCH3 is 1. The van der Waals surface area contributed by atoms with Gasteiger partial charge in [-0.15, -0.1) is 0 Å². The lowest BCUT2D eigenvalue weighted by Gasteiger charge is -2.08. The minimum atomic E-state index is -0.346. The molecule has 0 radical (unpaired) electrons. The van der Waals surface area contributed by atoms with Crippen molar-refractivity contribution >= 4 is 23.4 Å². The third kappa shape index (κ3) is 4.07. The molecule has 0 aliphatic heterocycles. The van der Waals surface area contributed by atoms with Crippen molar-refractivity contribution in [2.45, 2.75) is 13.3 Å². The lowest BCUT2D eigenvalue weighted by Crippen LogP contribution is -2.07. The summed E-state index contributed by atoms with van der Waals surface area (Å²) in [7, 11) is 1.32. The van der Waals surface area contributed by atoms with Crippen LogP contribution in [0.25, 0.3) is 0 Å². The molecule has 0 spiro atoms. The van der Waals surface area contributed by atoms with E-state index in [9.17, 15) is 9.59 Å². The monoisotopic (exact) mass is 256 g/mol. The summed E-state index contributed by atoms with van der Waals surface area (Å²) in [6.07, 6.45) is 0.154. The van der Waals surface area contributed by atoms with E-state index in [1.54, 1.807) is 12.1 Å². The van der Waals surface area contributed by atoms with E-state index in [-0.39, 0.29) is 24.8 Å². The third-order valence-electron chi connectivity index (χ3n) is 2.13. The van der Waals surface area contributed by atoms with E-state index in [0.29, 0.717) is 16.3 Å². The summed E-state index contributed by atoms with van der Waals surface area (Å²) in [5, 5.41) is 0.350. The maximum Gasteiger partial charge on any atom is 0.308 e. The van der Waals surface area contributed by atoms with E-state index in [2.05, 4.69) is 4.74 Å². The molecular weight excluding hydrogens is 244 g/mol. The number of ketones is 1. The molecule has 0 fully saturated rings. The van der Waals surface area contributed by atoms with E-state index >= 15 is 0 Å². The molecule has 1 aromatic rings. The summed E-state index contributed by atoms with van der Waals surface area (Å²) in [6, 6.07) is 4.77. The van der Waals surface area contributed by atoms with Gasteiger partial charge in [0.25, 0.3) is 0 Å². The standard InChI is InChI=1S/C12H13ClO4/c1-8(14)9-3-4-11(10(13)7-9)17-6-5-12(15)16-2/h3-4,7H,5-6H2,1-2H3. The van der Waals surface area contributed by atoms with Crippen LogP contribution < -0.4 is 4.74 Å². The fraction of sp³-hybridized carbons (Fsp3) is 0.333. The molecule has 92 valence electrons. The first-order chi connectivity index (χ1) is 8.04. The molecule has 0 bridgehead atoms. The van der Waals surface area contributed by atoms with Gasteiger partial charge in [0, 0.05) is 5.56 Å². The Morgan fingerprint density at radius 1 is 1.35 bits per heavy atom. The van der Waals surface area contributed by atoms with Crippen LogP contribution in [0.5, 0.6) is 5.75 Å². The first-order valence-electron chi connectivity index (χ1n) is 5.04. The van der Waals surface area contributed by atoms with Crippen LogP contribution in [0.15, 0.2) is 18.2 Å². The van der Waals surface area contributed by atoms with Crippen molar-refractivity contribution in [3.05, 3.63) is 28.8 Å². The van der Waals surface area contributed by atoms with Gasteiger partial charge in [0.05, 0.1) is 25.2 Å². The highest BCUT2D eigenvalue weighted by Crippen LogP contribution is 2.25. The van der Waals surface area contributed by atoms with Gasteiger partial charge in [-0.05, 0) is 25.1 Å². The fourth-order valence-electron chi connectivity index (χ4n) is 1.18. The second-order valence-corrected chi connectivity index (χ2v) is 3.78. The number of Topliss-reactive ketones (excluding diaryl/α,β-unsaturated/α-hetero) is 1. The molecule has 5 heteroatoms. The van der Waals surface area contributed by atoms with Gasteiger partial charge < -0.3 is 9.47 Å². The molecule has 0 saturated heterocycles. The summed E-state index contributed by atoms with van der Waals surface area (Å²) < 4.78 is 9.77. The Bertz CT molecular complexity index is 429. The first-order valence-corrected chi connectivity index (χ1v) is 5.42. The Kier molecular flexibility index (Phi) is 4.97. The predicted molar refractivity (Wildman–Crippen MR) is 63.6 cm³/mol. The Balaban J connectivity index is 2.60. The van der Waals surface area contributed by atoms with Crippen molar-refractivity contribution in [1.82, 2.24) is 0 Å². The zero-order valence-electron chi connectivity index (χ0n) is 9.66. The largest absolute Gasteiger partial charge is 0.491 e. The van der Waals surface area contributed by atoms with E-state index in [1.165, 1.54) is 20.1 Å². The van der Waals surface area contributed by atoms with Crippen LogP contribution in [0, 0.1) is 0 Å². The zero-order valence-corrected chi connectivity index (χ0v) is 10.4. The number of hydrogen-bond donors (Lipinski definition) is 0. The summed E-state index contributed by atoms with van der Waals surface area (Å²) >= 11 is 5.93. The van der Waals surface area contributed by atoms with Crippen LogP contribution in [0.4, 0.5) is 0 Å². The highest BCUT2D eigenvalue weighted by atomic mass is 35.5. The van der Waals surface area contributed by atoms with Crippen molar-refractivity contribution in [3.8, 4) is 5.75 Å². The molecule has 4 nitrogen and oxygen atoms in total. The van der Waals surface area contributed by atoms with Gasteiger partial charge in [-0.25, -0.2) is 0 Å². The average Bonchev–Trinajstić information content (AvgIpc) is 2.30. The van der Waals surface area contributed by atoms with Crippen LogP contribution in [-0.4, -0.2) is 25.5 Å². The molecular formula is C12H13ClO4. The summed E-state index contributed by atoms with van der Waals surface area (Å²) in [4.78, 5) is 21.9. The minimum absolute atomic E-state index is 0.0620. The van der Waals surface area contributed by atoms with Gasteiger partial charge >= 0.3 is 5.97 Å². The van der Waals surface area contributed by atoms with Gasteiger partial charge in [-0.2, -0.15) is 0 Å². The highest BCUT2D eigenvalue weighted by molar-refractivity contribution is 6.32. The van der Waals surface area contributed by atoms with Crippen molar-refractivity contribution in [2.75, 3.05) is 13.7 Å². The minimum Gasteiger partial charge on any atom is -0.491 e. The lowest BCUT2D eigenvalue weighted by atomic mass is 10.1. The Morgan fingerprint density at radius 3 is 2.59 bits per heavy atom. The fourth-order valence-corrected chi connectivity index (χ4v) is 1.42. The Labute approximate surface area is 104 Å². The Morgan fingerprint density at radius 2 is 2.06 bits per heavy atom. The van der Waals surface area contributed by atoms with Crippen LogP contribution >= 0.6 is 11.6 Å². The summed E-state index contributed by atoms with van der Waals surface area (Å²) in [6.45, 7) is 1.65. The molecule has 0 heterocycles. The zero-order chi connectivity index (χ0) is 12.8. The van der Waals surface area contributed by atoms with E-state index in [4.69, 9.17) is 16.3 Å². The Hall–Kier alpha value is -1.55. The normalized spacial score (nSPS) is 9.82. The molecule has 0 aliphatic rings. The second-order valence-electron chi connectivity index (χ2n) is 3.38. The summed E-state index contributed by atoms with van der Waals surface area (Å²) in [5.74, 6) is 0.0371. The molecule has 0 unspecified atom stereocenters. The SMILES string of the molecule is COC(=O)CCOc1ccc(C(C)=O)cc1Cl. The topological polar surface area (TPSA) is 52.6 Å². The van der Waals surface area contributed by atoms with Crippen molar-refractivity contribution in [2.24, 2.45) is 0 Å². The predicted octanol–water partition coefficient (Wildman–Crippen LogP) is 2.48. The smallest absolute Gasteiger partial charge is 0.308 e. The van der Waals surface area contributed by atoms with Gasteiger partial charge in [0.2, 0.25) is 0 Å². The number of carbonyl (C=O) groups is 2. The third-order valence-corrected chi connectivity index (χ3v) is 2.43. The number of carbonyl (C=O) groups excluding carboxylic acids is 2. The molecule has 0 atom stereocenters. The van der Waals surface area contributed by atoms with Crippen molar-refractivity contribution in [3.63, 3.8) is 0 Å². The maximum atomic E-state index is 11.1. The van der Waals surface area contributed by atoms with Crippen molar-refractivity contribution in [1.29, 1.82) is 0 Å². The molecule has 0 aliphatic carbocycles. The summed E-state index contributed by atoms with van der Waals surface area (Å²) in [5.41, 5.74) is 0.523. The number of ether oxygens (including phenoxy) is 2. The van der Waals surface area contributed by atoms with Crippen molar-refractivity contribution < 1.29 is 19.1 Å². The number of halogens is 1. The maximum absolute atomic E-state index is 11.1. The van der Waals surface area contributed by atoms with Gasteiger partial charge in [-0.3, -0.25) is 9.59 Å². The molecule has 17 heavy (non-hydrogen) atoms. The second kappa shape index (κ2) is 6.25. The number of benzene rings is 1. The number of hydrogen-bond acceptors (Lipinski definition) is 4. The molecule has 1 rings (SSSR count). The number of rotatable bonds is 5. The van der Waals surface area contributed by atoms with Crippen LogP contribution in [-0.2, 0) is 9.53 Å². The molecule has 0 saturated carbocycles. The van der Waals surface area contributed by atoms with Gasteiger partial charge in [0.1, 0.15) is 5.75 Å². The first kappa shape index (κ1) is 13.5. The highest BCUT2D eigenvalue weighted by Gasteiger charge is 2.07. The van der Waals surface area contributed by atoms with E-state index < -0.39 is 0 Å². The molecule has 0 N–H and O–H groups in total. The van der Waals surface area contributed by atoms with Crippen LogP contribution in [0.1, 0.15) is 23.7 Å². The molecule has 0 aromatic heterocycles. The van der Waals surface area contributed by atoms with E-state index in [1.807, 2.05) is 0 Å².